The average Bonchev–Trinajstić information content (AvgIpc) is 2.22. The van der Waals surface area contributed by atoms with Crippen molar-refractivity contribution in [3.8, 4) is 0 Å². The zero-order valence-corrected chi connectivity index (χ0v) is 9.12. The summed E-state index contributed by atoms with van der Waals surface area (Å²) in [5.41, 5.74) is 0. The predicted molar refractivity (Wildman–Crippen MR) is 53.4 cm³/mol. The van der Waals surface area contributed by atoms with Crippen LogP contribution in [0.4, 0.5) is 0 Å². The Morgan fingerprint density at radius 3 is 1.94 bits per heavy atom. The molecule has 0 spiro atoms. The van der Waals surface area contributed by atoms with Crippen LogP contribution in [-0.2, 0) is 9.59 Å². The zero-order valence-electron chi connectivity index (χ0n) is 9.12. The average molecular weight is 235 g/mol. The Kier molecular flexibility index (Phi) is 6.12. The van der Waals surface area contributed by atoms with Crippen LogP contribution in [0.25, 0.3) is 0 Å². The van der Waals surface area contributed by atoms with E-state index in [0.29, 0.717) is 0 Å². The summed E-state index contributed by atoms with van der Waals surface area (Å²) < 4.78 is 0. The maximum absolute atomic E-state index is 11.1. The molecule has 0 aliphatic heterocycles. The van der Waals surface area contributed by atoms with Gasteiger partial charge in [-0.05, 0) is 6.92 Å². The van der Waals surface area contributed by atoms with Crippen LogP contribution < -0.4 is 5.32 Å². The van der Waals surface area contributed by atoms with Gasteiger partial charge in [0.1, 0.15) is 24.4 Å². The van der Waals surface area contributed by atoms with Gasteiger partial charge in [0.15, 0.2) is 5.78 Å². The van der Waals surface area contributed by atoms with E-state index in [2.05, 4.69) is 5.32 Å². The zero-order chi connectivity index (χ0) is 12.9. The number of aliphatic hydroxyl groups excluding tert-OH is 4. The molecule has 4 atom stereocenters. The van der Waals surface area contributed by atoms with E-state index >= 15 is 0 Å². The number of ketones is 1. The fourth-order valence-corrected chi connectivity index (χ4v) is 1.18. The first-order valence-corrected chi connectivity index (χ1v) is 4.73. The lowest BCUT2D eigenvalue weighted by Gasteiger charge is -2.27. The van der Waals surface area contributed by atoms with Crippen molar-refractivity contribution < 1.29 is 30.0 Å². The van der Waals surface area contributed by atoms with E-state index in [4.69, 9.17) is 10.2 Å². The Balaban J connectivity index is 4.66. The first kappa shape index (κ1) is 15.0. The molecule has 0 aromatic carbocycles. The van der Waals surface area contributed by atoms with Crippen LogP contribution in [0.2, 0.25) is 0 Å². The summed E-state index contributed by atoms with van der Waals surface area (Å²) in [7, 11) is 0. The van der Waals surface area contributed by atoms with Gasteiger partial charge in [-0.15, -0.1) is 0 Å². The summed E-state index contributed by atoms with van der Waals surface area (Å²) in [5.74, 6) is -1.11. The van der Waals surface area contributed by atoms with E-state index in [-0.39, 0.29) is 0 Å². The third kappa shape index (κ3) is 4.23. The summed E-state index contributed by atoms with van der Waals surface area (Å²) in [6.07, 6.45) is -4.97. The van der Waals surface area contributed by atoms with E-state index in [9.17, 15) is 19.8 Å². The number of amides is 1. The molecule has 0 saturated carbocycles. The highest BCUT2D eigenvalue weighted by molar-refractivity contribution is 5.87. The normalized spacial score (nSPS) is 18.4. The molecule has 1 amide bonds. The van der Waals surface area contributed by atoms with Crippen LogP contribution in [0, 0.1) is 0 Å². The van der Waals surface area contributed by atoms with Crippen molar-refractivity contribution in [1.29, 1.82) is 0 Å². The number of nitrogens with one attached hydrogen (secondary N) is 1. The summed E-state index contributed by atoms with van der Waals surface area (Å²) in [4.78, 5) is 21.9. The third-order valence-corrected chi connectivity index (χ3v) is 2.07. The molecular formula is C9H17NO6. The Labute approximate surface area is 92.7 Å². The third-order valence-electron chi connectivity index (χ3n) is 2.07. The Hall–Kier alpha value is -1.02. The summed E-state index contributed by atoms with van der Waals surface area (Å²) in [6, 6.07) is -1.31. The summed E-state index contributed by atoms with van der Waals surface area (Å²) >= 11 is 0. The van der Waals surface area contributed by atoms with Crippen molar-refractivity contribution in [2.75, 3.05) is 6.61 Å². The first-order valence-electron chi connectivity index (χ1n) is 4.73. The van der Waals surface area contributed by atoms with Crippen molar-refractivity contribution in [3.05, 3.63) is 0 Å². The van der Waals surface area contributed by atoms with Crippen molar-refractivity contribution in [3.63, 3.8) is 0 Å². The van der Waals surface area contributed by atoms with Gasteiger partial charge in [0, 0.05) is 6.92 Å². The van der Waals surface area contributed by atoms with Gasteiger partial charge in [-0.25, -0.2) is 0 Å². The van der Waals surface area contributed by atoms with Gasteiger partial charge in [0.2, 0.25) is 5.91 Å². The second-order valence-corrected chi connectivity index (χ2v) is 3.52. The number of carbonyl (C=O) groups excluding carboxylic acids is 2. The molecule has 0 aliphatic rings. The van der Waals surface area contributed by atoms with Crippen LogP contribution in [0.5, 0.6) is 0 Å². The molecule has 0 aliphatic carbocycles. The van der Waals surface area contributed by atoms with E-state index in [1.807, 2.05) is 0 Å². The molecule has 0 radical (unpaired) electrons. The SMILES string of the molecule is CC(=O)N[C@@H](C(C)=O)[C@@H](O)[C@H](O)C(O)CO. The monoisotopic (exact) mass is 235 g/mol. The molecule has 7 nitrogen and oxygen atoms in total. The Morgan fingerprint density at radius 1 is 1.12 bits per heavy atom. The van der Waals surface area contributed by atoms with Crippen molar-refractivity contribution >= 4 is 11.7 Å². The van der Waals surface area contributed by atoms with Gasteiger partial charge in [-0.1, -0.05) is 0 Å². The van der Waals surface area contributed by atoms with E-state index in [1.165, 1.54) is 0 Å². The first-order chi connectivity index (χ1) is 7.31. The van der Waals surface area contributed by atoms with E-state index in [1.54, 1.807) is 0 Å². The van der Waals surface area contributed by atoms with Crippen LogP contribution >= 0.6 is 0 Å². The summed E-state index contributed by atoms with van der Waals surface area (Å²) in [6.45, 7) is 1.52. The molecule has 16 heavy (non-hydrogen) atoms. The molecule has 0 aromatic rings. The van der Waals surface area contributed by atoms with Gasteiger partial charge in [-0.2, -0.15) is 0 Å². The van der Waals surface area contributed by atoms with Crippen LogP contribution in [0.15, 0.2) is 0 Å². The molecule has 1 unspecified atom stereocenters. The lowest BCUT2D eigenvalue weighted by molar-refractivity contribution is -0.135. The summed E-state index contributed by atoms with van der Waals surface area (Å²) in [5, 5.41) is 38.7. The molecule has 5 N–H and O–H groups in total. The van der Waals surface area contributed by atoms with Gasteiger partial charge in [-0.3, -0.25) is 9.59 Å². The van der Waals surface area contributed by atoms with E-state index in [0.717, 1.165) is 13.8 Å². The smallest absolute Gasteiger partial charge is 0.217 e. The van der Waals surface area contributed by atoms with Gasteiger partial charge in [0.25, 0.3) is 0 Å². The van der Waals surface area contributed by atoms with Gasteiger partial charge >= 0.3 is 0 Å². The molecular weight excluding hydrogens is 218 g/mol. The number of hydrogen-bond donors (Lipinski definition) is 5. The Morgan fingerprint density at radius 2 is 1.62 bits per heavy atom. The molecule has 0 bridgehead atoms. The predicted octanol–water partition coefficient (Wildman–Crippen LogP) is -2.84. The number of hydrogen-bond acceptors (Lipinski definition) is 6. The van der Waals surface area contributed by atoms with Crippen LogP contribution in [0.3, 0.4) is 0 Å². The quantitative estimate of drug-likeness (QED) is 0.337. The maximum atomic E-state index is 11.1. The number of Topliss-reactive ketones (excluding diaryl/α,β-unsaturated/α-hetero) is 1. The Bertz CT molecular complexity index is 256. The maximum Gasteiger partial charge on any atom is 0.217 e. The van der Waals surface area contributed by atoms with Gasteiger partial charge < -0.3 is 25.7 Å². The number of rotatable bonds is 6. The second kappa shape index (κ2) is 6.54. The molecule has 7 heteroatoms. The second-order valence-electron chi connectivity index (χ2n) is 3.52. The molecule has 0 saturated heterocycles. The van der Waals surface area contributed by atoms with Crippen molar-refractivity contribution in [1.82, 2.24) is 5.32 Å². The molecule has 0 heterocycles. The standard InChI is InChI=1S/C9H17NO6/c1-4(12)7(10-5(2)13)9(16)8(15)6(14)3-11/h6-9,11,14-16H,3H2,1-2H3,(H,10,13)/t6?,7-,8+,9+/m0/s1. The fraction of sp³-hybridized carbons (Fsp3) is 0.778. The lowest BCUT2D eigenvalue weighted by atomic mass is 9.98. The lowest BCUT2D eigenvalue weighted by Crippen LogP contribution is -2.55. The van der Waals surface area contributed by atoms with Crippen LogP contribution in [0.1, 0.15) is 13.8 Å². The highest BCUT2D eigenvalue weighted by Crippen LogP contribution is 2.06. The molecule has 0 fully saturated rings. The minimum atomic E-state index is -1.72. The number of carbonyl (C=O) groups is 2. The largest absolute Gasteiger partial charge is 0.394 e. The molecule has 0 rings (SSSR count). The highest BCUT2D eigenvalue weighted by atomic mass is 16.4. The van der Waals surface area contributed by atoms with Crippen molar-refractivity contribution in [2.24, 2.45) is 0 Å². The number of aliphatic hydroxyl groups is 4. The van der Waals surface area contributed by atoms with Gasteiger partial charge in [0.05, 0.1) is 6.61 Å². The fourth-order valence-electron chi connectivity index (χ4n) is 1.18. The molecule has 94 valence electrons. The van der Waals surface area contributed by atoms with E-state index < -0.39 is 42.7 Å². The highest BCUT2D eigenvalue weighted by Gasteiger charge is 2.34. The van der Waals surface area contributed by atoms with Crippen molar-refractivity contribution in [2.45, 2.75) is 38.2 Å². The topological polar surface area (TPSA) is 127 Å². The minimum absolute atomic E-state index is 0.551. The minimum Gasteiger partial charge on any atom is -0.394 e. The molecule has 0 aromatic heterocycles. The van der Waals surface area contributed by atoms with Crippen LogP contribution in [-0.4, -0.2) is 63.1 Å².